The molecule has 0 aromatic carbocycles. The quantitative estimate of drug-likeness (QED) is 0.863. The molecule has 19 heavy (non-hydrogen) atoms. The molecule has 0 amide bonds. The van der Waals surface area contributed by atoms with Gasteiger partial charge in [-0.15, -0.1) is 0 Å². The van der Waals surface area contributed by atoms with Gasteiger partial charge in [0.25, 0.3) is 0 Å². The van der Waals surface area contributed by atoms with E-state index in [0.29, 0.717) is 0 Å². The molecule has 0 radical (unpaired) electrons. The molecule has 6 heteroatoms. The van der Waals surface area contributed by atoms with Gasteiger partial charge in [-0.25, -0.2) is 4.79 Å². The average molecular weight is 332 g/mol. The first-order chi connectivity index (χ1) is 8.44. The lowest BCUT2D eigenvalue weighted by atomic mass is 10.0. The largest absolute Gasteiger partial charge is 0.459 e. The number of rotatable bonds is 3. The third kappa shape index (κ3) is 4.04. The van der Waals surface area contributed by atoms with Crippen molar-refractivity contribution in [3.63, 3.8) is 0 Å². The Morgan fingerprint density at radius 1 is 1.37 bits per heavy atom. The highest BCUT2D eigenvalue weighted by atomic mass is 79.9. The molecule has 0 saturated carbocycles. The first kappa shape index (κ1) is 16.2. The van der Waals surface area contributed by atoms with Crippen LogP contribution in [0.25, 0.3) is 0 Å². The summed E-state index contributed by atoms with van der Waals surface area (Å²) in [6.45, 7) is 11.2. The standard InChI is InChI=1S/C13H22BrN3O2/c1-8-10(14)9(2)17(16-8)7-13(6,15)11(18)19-12(3,4)5/h7,15H2,1-6H3. The zero-order valence-corrected chi connectivity index (χ0v) is 14.0. The Morgan fingerprint density at radius 2 is 1.89 bits per heavy atom. The van der Waals surface area contributed by atoms with Gasteiger partial charge in [-0.3, -0.25) is 4.68 Å². The fourth-order valence-electron chi connectivity index (χ4n) is 1.60. The second-order valence-electron chi connectivity index (χ2n) is 6.06. The minimum atomic E-state index is -1.12. The molecule has 1 unspecified atom stereocenters. The van der Waals surface area contributed by atoms with Crippen LogP contribution in [0.2, 0.25) is 0 Å². The van der Waals surface area contributed by atoms with E-state index in [-0.39, 0.29) is 6.54 Å². The Kier molecular flexibility index (Phi) is 4.47. The van der Waals surface area contributed by atoms with E-state index < -0.39 is 17.1 Å². The van der Waals surface area contributed by atoms with Crippen molar-refractivity contribution < 1.29 is 9.53 Å². The highest BCUT2D eigenvalue weighted by Crippen LogP contribution is 2.22. The number of nitrogens with zero attached hydrogens (tertiary/aromatic N) is 2. The highest BCUT2D eigenvalue weighted by Gasteiger charge is 2.34. The van der Waals surface area contributed by atoms with Gasteiger partial charge in [0.05, 0.1) is 16.7 Å². The second-order valence-corrected chi connectivity index (χ2v) is 6.85. The Bertz CT molecular complexity index is 487. The van der Waals surface area contributed by atoms with Gasteiger partial charge < -0.3 is 10.5 Å². The van der Waals surface area contributed by atoms with Crippen LogP contribution in [0, 0.1) is 13.8 Å². The van der Waals surface area contributed by atoms with Gasteiger partial charge >= 0.3 is 5.97 Å². The number of carbonyl (C=O) groups excluding carboxylic acids is 1. The first-order valence-corrected chi connectivity index (χ1v) is 6.95. The number of aromatic nitrogens is 2. The van der Waals surface area contributed by atoms with E-state index in [4.69, 9.17) is 10.5 Å². The molecule has 108 valence electrons. The summed E-state index contributed by atoms with van der Waals surface area (Å²) in [7, 11) is 0. The predicted octanol–water partition coefficient (Wildman–Crippen LogP) is 2.32. The summed E-state index contributed by atoms with van der Waals surface area (Å²) >= 11 is 3.45. The van der Waals surface area contributed by atoms with Crippen molar-refractivity contribution in [3.05, 3.63) is 15.9 Å². The number of esters is 1. The number of carbonyl (C=O) groups is 1. The van der Waals surface area contributed by atoms with Gasteiger partial charge in [0.15, 0.2) is 0 Å². The predicted molar refractivity (Wildman–Crippen MR) is 77.8 cm³/mol. The van der Waals surface area contributed by atoms with E-state index in [1.165, 1.54) is 0 Å². The van der Waals surface area contributed by atoms with Gasteiger partial charge in [0.1, 0.15) is 11.1 Å². The fraction of sp³-hybridized carbons (Fsp3) is 0.692. The maximum Gasteiger partial charge on any atom is 0.328 e. The van der Waals surface area contributed by atoms with Crippen LogP contribution < -0.4 is 5.73 Å². The summed E-state index contributed by atoms with van der Waals surface area (Å²) < 4.78 is 8.00. The highest BCUT2D eigenvalue weighted by molar-refractivity contribution is 9.10. The molecule has 0 aliphatic carbocycles. The van der Waals surface area contributed by atoms with Crippen molar-refractivity contribution in [1.29, 1.82) is 0 Å². The molecule has 0 spiro atoms. The molecule has 2 N–H and O–H groups in total. The molecule has 0 aliphatic rings. The minimum Gasteiger partial charge on any atom is -0.459 e. The summed E-state index contributed by atoms with van der Waals surface area (Å²) in [5.41, 5.74) is 6.23. The summed E-state index contributed by atoms with van der Waals surface area (Å²) in [5.74, 6) is -0.427. The topological polar surface area (TPSA) is 70.1 Å². The molecule has 1 heterocycles. The molecular weight excluding hydrogens is 310 g/mol. The summed E-state index contributed by atoms with van der Waals surface area (Å²) in [6.07, 6.45) is 0. The van der Waals surface area contributed by atoms with E-state index in [0.717, 1.165) is 15.9 Å². The fourth-order valence-corrected chi connectivity index (χ4v) is 1.88. The van der Waals surface area contributed by atoms with Crippen LogP contribution in [0.5, 0.6) is 0 Å². The van der Waals surface area contributed by atoms with Gasteiger partial charge in [-0.1, -0.05) is 0 Å². The van der Waals surface area contributed by atoms with Crippen LogP contribution in [0.4, 0.5) is 0 Å². The SMILES string of the molecule is Cc1nn(CC(C)(N)C(=O)OC(C)(C)C)c(C)c1Br. The van der Waals surface area contributed by atoms with Crippen LogP contribution >= 0.6 is 15.9 Å². The number of hydrogen-bond acceptors (Lipinski definition) is 4. The third-order valence-electron chi connectivity index (χ3n) is 2.64. The van der Waals surface area contributed by atoms with Gasteiger partial charge in [0, 0.05) is 5.69 Å². The molecule has 0 aliphatic heterocycles. The monoisotopic (exact) mass is 331 g/mol. The zero-order valence-electron chi connectivity index (χ0n) is 12.4. The van der Waals surface area contributed by atoms with Crippen LogP contribution in [-0.4, -0.2) is 26.9 Å². The van der Waals surface area contributed by atoms with Crippen molar-refractivity contribution in [2.45, 2.75) is 59.2 Å². The molecule has 0 bridgehead atoms. The van der Waals surface area contributed by atoms with E-state index in [9.17, 15) is 4.79 Å². The minimum absolute atomic E-state index is 0.278. The number of aryl methyl sites for hydroxylation is 1. The molecule has 0 saturated heterocycles. The molecule has 1 aromatic rings. The molecule has 0 fully saturated rings. The lowest BCUT2D eigenvalue weighted by molar-refractivity contribution is -0.161. The third-order valence-corrected chi connectivity index (χ3v) is 3.78. The van der Waals surface area contributed by atoms with Crippen LogP contribution in [0.1, 0.15) is 39.1 Å². The van der Waals surface area contributed by atoms with Crippen molar-refractivity contribution in [1.82, 2.24) is 9.78 Å². The molecule has 1 atom stereocenters. The Balaban J connectivity index is 2.90. The second kappa shape index (κ2) is 5.25. The Hall–Kier alpha value is -0.880. The number of ether oxygens (including phenoxy) is 1. The van der Waals surface area contributed by atoms with Gasteiger partial charge in [-0.2, -0.15) is 5.10 Å². The lowest BCUT2D eigenvalue weighted by Gasteiger charge is -2.28. The van der Waals surface area contributed by atoms with Crippen LogP contribution in [0.3, 0.4) is 0 Å². The van der Waals surface area contributed by atoms with Gasteiger partial charge in [0.2, 0.25) is 0 Å². The normalized spacial score (nSPS) is 15.2. The van der Waals surface area contributed by atoms with Crippen molar-refractivity contribution >= 4 is 21.9 Å². The number of hydrogen-bond donors (Lipinski definition) is 1. The van der Waals surface area contributed by atoms with Crippen LogP contribution in [-0.2, 0) is 16.1 Å². The number of nitrogens with two attached hydrogens (primary N) is 1. The summed E-state index contributed by atoms with van der Waals surface area (Å²) in [4.78, 5) is 12.1. The Labute approximate surface area is 122 Å². The van der Waals surface area contributed by atoms with Crippen molar-refractivity contribution in [2.75, 3.05) is 0 Å². The van der Waals surface area contributed by atoms with Crippen molar-refractivity contribution in [2.24, 2.45) is 5.73 Å². The maximum atomic E-state index is 12.1. The molecule has 1 aromatic heterocycles. The maximum absolute atomic E-state index is 12.1. The molecule has 1 rings (SSSR count). The molecule has 5 nitrogen and oxygen atoms in total. The smallest absolute Gasteiger partial charge is 0.328 e. The van der Waals surface area contributed by atoms with E-state index in [1.54, 1.807) is 11.6 Å². The zero-order chi connectivity index (χ0) is 15.0. The number of halogens is 1. The summed E-state index contributed by atoms with van der Waals surface area (Å²) in [5, 5.41) is 4.36. The summed E-state index contributed by atoms with van der Waals surface area (Å²) in [6, 6.07) is 0. The van der Waals surface area contributed by atoms with E-state index in [1.807, 2.05) is 34.6 Å². The van der Waals surface area contributed by atoms with Gasteiger partial charge in [-0.05, 0) is 57.5 Å². The van der Waals surface area contributed by atoms with E-state index >= 15 is 0 Å². The lowest BCUT2D eigenvalue weighted by Crippen LogP contribution is -2.51. The first-order valence-electron chi connectivity index (χ1n) is 6.16. The van der Waals surface area contributed by atoms with Crippen molar-refractivity contribution in [3.8, 4) is 0 Å². The average Bonchev–Trinajstić information content (AvgIpc) is 2.43. The Morgan fingerprint density at radius 3 is 2.26 bits per heavy atom. The van der Waals surface area contributed by atoms with E-state index in [2.05, 4.69) is 21.0 Å². The van der Waals surface area contributed by atoms with Crippen LogP contribution in [0.15, 0.2) is 4.47 Å². The molecular formula is C13H22BrN3O2.